The van der Waals surface area contributed by atoms with Crippen molar-refractivity contribution >= 4 is 23.2 Å². The van der Waals surface area contributed by atoms with E-state index in [-0.39, 0.29) is 16.4 Å². The summed E-state index contributed by atoms with van der Waals surface area (Å²) in [6.45, 7) is 6.24. The fourth-order valence-electron chi connectivity index (χ4n) is 4.14. The summed E-state index contributed by atoms with van der Waals surface area (Å²) in [5.74, 6) is 1.60. The second-order valence-corrected chi connectivity index (χ2v) is 9.79. The molecule has 0 spiro atoms. The van der Waals surface area contributed by atoms with Gasteiger partial charge in [0.1, 0.15) is 5.75 Å². The van der Waals surface area contributed by atoms with Gasteiger partial charge in [-0.15, -0.1) is 10.2 Å². The fraction of sp³-hybridized carbons (Fsp3) is 0.320. The Morgan fingerprint density at radius 3 is 2.44 bits per heavy atom. The standard InChI is InChI=1S/C25H28N4O2S/c1-16(21(30)15-22-25(2,3)19-9-7-8-10-20(19)28(22)4)32-24-27-26-23(29(24)5)17-11-13-18(31-6)14-12-17/h7-16H,1-6H3/b22-15+. The molecule has 2 heterocycles. The Hall–Kier alpha value is -3.06. The highest BCUT2D eigenvalue weighted by Gasteiger charge is 2.38. The summed E-state index contributed by atoms with van der Waals surface area (Å²) in [5.41, 5.74) is 4.11. The van der Waals surface area contributed by atoms with Gasteiger partial charge < -0.3 is 14.2 Å². The maximum absolute atomic E-state index is 13.2. The summed E-state index contributed by atoms with van der Waals surface area (Å²) in [7, 11) is 5.58. The van der Waals surface area contributed by atoms with Gasteiger partial charge in [0.05, 0.1) is 12.4 Å². The van der Waals surface area contributed by atoms with Gasteiger partial charge in [-0.05, 0) is 42.8 Å². The molecule has 0 radical (unpaired) electrons. The van der Waals surface area contributed by atoms with E-state index < -0.39 is 0 Å². The molecular formula is C25H28N4O2S. The monoisotopic (exact) mass is 448 g/mol. The highest BCUT2D eigenvalue weighted by molar-refractivity contribution is 8.00. The highest BCUT2D eigenvalue weighted by atomic mass is 32.2. The quantitative estimate of drug-likeness (QED) is 0.397. The number of rotatable bonds is 6. The largest absolute Gasteiger partial charge is 0.497 e. The van der Waals surface area contributed by atoms with Gasteiger partial charge in [0.2, 0.25) is 0 Å². The maximum atomic E-state index is 13.2. The summed E-state index contributed by atoms with van der Waals surface area (Å²) in [6.07, 6.45) is 1.79. The molecule has 1 aliphatic heterocycles. The second kappa shape index (κ2) is 8.47. The van der Waals surface area contributed by atoms with Crippen LogP contribution in [-0.4, -0.2) is 40.0 Å². The minimum atomic E-state index is -0.290. The number of hydrogen-bond donors (Lipinski definition) is 0. The zero-order valence-electron chi connectivity index (χ0n) is 19.3. The van der Waals surface area contributed by atoms with Crippen molar-refractivity contribution in [2.45, 2.75) is 36.6 Å². The van der Waals surface area contributed by atoms with Gasteiger partial charge in [0.25, 0.3) is 0 Å². The van der Waals surface area contributed by atoms with Crippen LogP contribution < -0.4 is 9.64 Å². The zero-order chi connectivity index (χ0) is 23.0. The number of hydrogen-bond acceptors (Lipinski definition) is 6. The Balaban J connectivity index is 1.53. The van der Waals surface area contributed by atoms with Crippen LogP contribution in [0.1, 0.15) is 26.3 Å². The van der Waals surface area contributed by atoms with Crippen LogP contribution in [0, 0.1) is 0 Å². The topological polar surface area (TPSA) is 60.3 Å². The lowest BCUT2D eigenvalue weighted by Crippen LogP contribution is -2.25. The number of benzene rings is 2. The van der Waals surface area contributed by atoms with E-state index in [1.54, 1.807) is 13.2 Å². The molecule has 166 valence electrons. The lowest BCUT2D eigenvalue weighted by atomic mass is 9.83. The lowest BCUT2D eigenvalue weighted by Gasteiger charge is -2.24. The molecule has 1 unspecified atom stereocenters. The molecule has 0 saturated carbocycles. The number of carbonyl (C=O) groups is 1. The number of carbonyl (C=O) groups excluding carboxylic acids is 1. The van der Waals surface area contributed by atoms with Gasteiger partial charge in [-0.2, -0.15) is 0 Å². The van der Waals surface area contributed by atoms with E-state index in [0.717, 1.165) is 28.5 Å². The first-order valence-electron chi connectivity index (χ1n) is 10.5. The molecule has 0 bridgehead atoms. The van der Waals surface area contributed by atoms with Crippen molar-refractivity contribution in [1.82, 2.24) is 14.8 Å². The predicted molar refractivity (Wildman–Crippen MR) is 129 cm³/mol. The number of para-hydroxylation sites is 1. The summed E-state index contributed by atoms with van der Waals surface area (Å²) in [4.78, 5) is 15.3. The van der Waals surface area contributed by atoms with Crippen LogP contribution in [0.5, 0.6) is 5.75 Å². The first-order chi connectivity index (χ1) is 15.2. The van der Waals surface area contributed by atoms with Crippen LogP contribution in [0.15, 0.2) is 65.5 Å². The molecule has 7 heteroatoms. The molecular weight excluding hydrogens is 420 g/mol. The van der Waals surface area contributed by atoms with Crippen LogP contribution in [-0.2, 0) is 17.3 Å². The maximum Gasteiger partial charge on any atom is 0.191 e. The van der Waals surface area contributed by atoms with E-state index in [1.165, 1.54) is 17.3 Å². The minimum absolute atomic E-state index is 0.0618. The smallest absolute Gasteiger partial charge is 0.191 e. The average molecular weight is 449 g/mol. The molecule has 0 N–H and O–H groups in total. The third-order valence-corrected chi connectivity index (χ3v) is 7.24. The number of ketones is 1. The average Bonchev–Trinajstić information content (AvgIpc) is 3.24. The molecule has 1 aliphatic rings. The number of aromatic nitrogens is 3. The number of fused-ring (bicyclic) bond motifs is 1. The van der Waals surface area contributed by atoms with Crippen molar-refractivity contribution in [3.05, 3.63) is 65.9 Å². The van der Waals surface area contributed by atoms with E-state index in [2.05, 4.69) is 41.1 Å². The second-order valence-electron chi connectivity index (χ2n) is 8.49. The SMILES string of the molecule is COc1ccc(-c2nnc(SC(C)C(=O)/C=C3/N(C)c4ccccc4C3(C)C)n2C)cc1. The Labute approximate surface area is 193 Å². The zero-order valence-corrected chi connectivity index (χ0v) is 20.1. The number of thioether (sulfide) groups is 1. The van der Waals surface area contributed by atoms with Gasteiger partial charge in [-0.25, -0.2) is 0 Å². The van der Waals surface area contributed by atoms with Gasteiger partial charge >= 0.3 is 0 Å². The molecule has 4 rings (SSSR count). The number of nitrogens with zero attached hydrogens (tertiary/aromatic N) is 4. The summed E-state index contributed by atoms with van der Waals surface area (Å²) in [5, 5.41) is 9.08. The van der Waals surface area contributed by atoms with Crippen LogP contribution in [0.3, 0.4) is 0 Å². The van der Waals surface area contributed by atoms with Gasteiger partial charge in [0, 0.05) is 42.5 Å². The molecule has 3 aromatic rings. The third-order valence-electron chi connectivity index (χ3n) is 6.09. The number of ether oxygens (including phenoxy) is 1. The van der Waals surface area contributed by atoms with Crippen LogP contribution in [0.4, 0.5) is 5.69 Å². The van der Waals surface area contributed by atoms with Crippen molar-refractivity contribution < 1.29 is 9.53 Å². The van der Waals surface area contributed by atoms with Crippen molar-refractivity contribution in [2.75, 3.05) is 19.1 Å². The Bertz CT molecular complexity index is 1180. The first-order valence-corrected chi connectivity index (χ1v) is 11.4. The molecule has 0 saturated heterocycles. The van der Waals surface area contributed by atoms with E-state index in [1.807, 2.05) is 62.0 Å². The van der Waals surface area contributed by atoms with E-state index >= 15 is 0 Å². The van der Waals surface area contributed by atoms with Gasteiger partial charge in [-0.3, -0.25) is 4.79 Å². The van der Waals surface area contributed by atoms with Crippen molar-refractivity contribution in [3.63, 3.8) is 0 Å². The number of allylic oxidation sites excluding steroid dienone is 2. The van der Waals surface area contributed by atoms with Crippen molar-refractivity contribution in [3.8, 4) is 17.1 Å². The molecule has 0 fully saturated rings. The molecule has 2 aromatic carbocycles. The molecule has 1 aromatic heterocycles. The van der Waals surface area contributed by atoms with Crippen LogP contribution in [0.2, 0.25) is 0 Å². The number of methoxy groups -OCH3 is 1. The first kappa shape index (κ1) is 22.1. The molecule has 0 amide bonds. The number of likely N-dealkylation sites (N-methyl/N-ethyl adjacent to an activating group) is 1. The minimum Gasteiger partial charge on any atom is -0.497 e. The Morgan fingerprint density at radius 2 is 1.78 bits per heavy atom. The van der Waals surface area contributed by atoms with E-state index in [4.69, 9.17) is 4.74 Å². The fourth-order valence-corrected chi connectivity index (χ4v) is 4.97. The third kappa shape index (κ3) is 3.81. The van der Waals surface area contributed by atoms with Crippen molar-refractivity contribution in [2.24, 2.45) is 7.05 Å². The Morgan fingerprint density at radius 1 is 1.09 bits per heavy atom. The molecule has 6 nitrogen and oxygen atoms in total. The molecule has 0 aliphatic carbocycles. The van der Waals surface area contributed by atoms with Gasteiger partial charge in [0.15, 0.2) is 16.8 Å². The summed E-state index contributed by atoms with van der Waals surface area (Å²) in [6, 6.07) is 16.0. The molecule has 1 atom stereocenters. The Kier molecular flexibility index (Phi) is 5.86. The molecule has 32 heavy (non-hydrogen) atoms. The van der Waals surface area contributed by atoms with Crippen LogP contribution in [0.25, 0.3) is 11.4 Å². The number of anilines is 1. The van der Waals surface area contributed by atoms with E-state index in [9.17, 15) is 4.79 Å². The summed E-state index contributed by atoms with van der Waals surface area (Å²) < 4.78 is 7.14. The lowest BCUT2D eigenvalue weighted by molar-refractivity contribution is -0.114. The van der Waals surface area contributed by atoms with Gasteiger partial charge in [-0.1, -0.05) is 43.8 Å². The summed E-state index contributed by atoms with van der Waals surface area (Å²) >= 11 is 1.42. The van der Waals surface area contributed by atoms with Crippen LogP contribution >= 0.6 is 11.8 Å². The van der Waals surface area contributed by atoms with E-state index in [0.29, 0.717) is 5.16 Å². The predicted octanol–water partition coefficient (Wildman–Crippen LogP) is 4.85. The van der Waals surface area contributed by atoms with Crippen molar-refractivity contribution in [1.29, 1.82) is 0 Å². The highest BCUT2D eigenvalue weighted by Crippen LogP contribution is 2.46. The normalized spacial score (nSPS) is 16.8.